The summed E-state index contributed by atoms with van der Waals surface area (Å²) in [5.41, 5.74) is 0.737. The molecule has 0 spiro atoms. The van der Waals surface area contributed by atoms with Gasteiger partial charge < -0.3 is 15.0 Å². The zero-order valence-corrected chi connectivity index (χ0v) is 20.2. The molecule has 4 atom stereocenters. The number of nitrogens with zero attached hydrogens (tertiary/aromatic N) is 2. The number of Topliss-reactive ketones (excluding diaryl/α,β-unsaturated/α-hetero) is 2. The second-order valence-electron chi connectivity index (χ2n) is 10.5. The molecule has 34 heavy (non-hydrogen) atoms. The number of amides is 1. The van der Waals surface area contributed by atoms with Gasteiger partial charge in [-0.3, -0.25) is 19.3 Å². The molecule has 184 valence electrons. The Labute approximate surface area is 202 Å². The number of ketones is 2. The molecular formula is C27H37N3O4. The molecule has 7 heteroatoms. The van der Waals surface area contributed by atoms with E-state index in [4.69, 9.17) is 4.74 Å². The average Bonchev–Trinajstić information content (AvgIpc) is 3.39. The first-order valence-electron chi connectivity index (χ1n) is 13.0. The van der Waals surface area contributed by atoms with Gasteiger partial charge in [-0.15, -0.1) is 0 Å². The van der Waals surface area contributed by atoms with Gasteiger partial charge in [0.05, 0.1) is 19.2 Å². The molecule has 4 aliphatic rings. The van der Waals surface area contributed by atoms with Crippen molar-refractivity contribution in [1.29, 1.82) is 0 Å². The lowest BCUT2D eigenvalue weighted by molar-refractivity contribution is -0.132. The highest BCUT2D eigenvalue weighted by molar-refractivity contribution is 5.98. The van der Waals surface area contributed by atoms with Crippen molar-refractivity contribution in [2.24, 2.45) is 11.8 Å². The van der Waals surface area contributed by atoms with Crippen LogP contribution in [0, 0.1) is 11.8 Å². The summed E-state index contributed by atoms with van der Waals surface area (Å²) in [6.07, 6.45) is 7.44. The molecule has 1 aromatic rings. The fourth-order valence-corrected chi connectivity index (χ4v) is 6.56. The van der Waals surface area contributed by atoms with E-state index in [-0.39, 0.29) is 35.7 Å². The molecule has 5 rings (SSSR count). The Balaban J connectivity index is 1.11. The quantitative estimate of drug-likeness (QED) is 0.648. The van der Waals surface area contributed by atoms with Crippen LogP contribution in [-0.2, 0) is 9.59 Å². The summed E-state index contributed by atoms with van der Waals surface area (Å²) in [5.74, 6) is 1.99. The van der Waals surface area contributed by atoms with Crippen LogP contribution in [0.4, 0.5) is 0 Å². The maximum atomic E-state index is 13.2. The molecule has 0 aromatic heterocycles. The number of methoxy groups -OCH3 is 1. The third-order valence-corrected chi connectivity index (χ3v) is 8.49. The van der Waals surface area contributed by atoms with Gasteiger partial charge in [-0.05, 0) is 81.8 Å². The van der Waals surface area contributed by atoms with E-state index >= 15 is 0 Å². The first-order chi connectivity index (χ1) is 16.5. The summed E-state index contributed by atoms with van der Waals surface area (Å²) >= 11 is 0. The maximum absolute atomic E-state index is 13.2. The first kappa shape index (κ1) is 23.5. The predicted octanol–water partition coefficient (Wildman–Crippen LogP) is 2.68. The molecule has 1 saturated carbocycles. The van der Waals surface area contributed by atoms with Crippen LogP contribution in [0.2, 0.25) is 0 Å². The summed E-state index contributed by atoms with van der Waals surface area (Å²) < 4.78 is 5.19. The first-order valence-corrected chi connectivity index (χ1v) is 13.0. The lowest BCUT2D eigenvalue weighted by Gasteiger charge is -2.34. The maximum Gasteiger partial charge on any atom is 0.240 e. The summed E-state index contributed by atoms with van der Waals surface area (Å²) in [7, 11) is 1.62. The Bertz CT molecular complexity index is 909. The molecule has 0 bridgehead atoms. The number of hydrogen-bond donors (Lipinski definition) is 1. The van der Waals surface area contributed by atoms with Crippen molar-refractivity contribution in [3.63, 3.8) is 0 Å². The lowest BCUT2D eigenvalue weighted by atomic mass is 9.88. The van der Waals surface area contributed by atoms with Gasteiger partial charge in [0.2, 0.25) is 5.91 Å². The minimum absolute atomic E-state index is 0.00303. The van der Waals surface area contributed by atoms with Crippen LogP contribution < -0.4 is 10.1 Å². The van der Waals surface area contributed by atoms with Gasteiger partial charge >= 0.3 is 0 Å². The smallest absolute Gasteiger partial charge is 0.240 e. The highest BCUT2D eigenvalue weighted by Crippen LogP contribution is 2.32. The zero-order chi connectivity index (χ0) is 23.7. The van der Waals surface area contributed by atoms with Gasteiger partial charge in [0.25, 0.3) is 0 Å². The van der Waals surface area contributed by atoms with Crippen molar-refractivity contribution >= 4 is 17.5 Å². The molecule has 1 aromatic carbocycles. The Morgan fingerprint density at radius 3 is 2.53 bits per heavy atom. The number of piperidine rings is 1. The number of nitrogens with one attached hydrogen (secondary N) is 1. The summed E-state index contributed by atoms with van der Waals surface area (Å²) in [6, 6.07) is 7.52. The highest BCUT2D eigenvalue weighted by Gasteiger charge is 2.43. The molecule has 1 amide bonds. The Morgan fingerprint density at radius 1 is 1.03 bits per heavy atom. The highest BCUT2D eigenvalue weighted by atomic mass is 16.5. The van der Waals surface area contributed by atoms with Crippen molar-refractivity contribution in [3.05, 3.63) is 29.8 Å². The molecule has 7 nitrogen and oxygen atoms in total. The number of rotatable bonds is 6. The van der Waals surface area contributed by atoms with Gasteiger partial charge in [0.15, 0.2) is 5.78 Å². The lowest BCUT2D eigenvalue weighted by Crippen LogP contribution is -2.48. The monoisotopic (exact) mass is 467 g/mol. The fourth-order valence-electron chi connectivity index (χ4n) is 6.56. The van der Waals surface area contributed by atoms with Gasteiger partial charge in [-0.2, -0.15) is 0 Å². The van der Waals surface area contributed by atoms with E-state index in [2.05, 4.69) is 10.2 Å². The van der Waals surface area contributed by atoms with E-state index in [0.29, 0.717) is 24.7 Å². The number of likely N-dealkylation sites (tertiary alicyclic amines) is 2. The van der Waals surface area contributed by atoms with E-state index in [0.717, 1.165) is 75.9 Å². The molecule has 3 heterocycles. The number of carbonyl (C=O) groups excluding carboxylic acids is 3. The Kier molecular flexibility index (Phi) is 7.02. The van der Waals surface area contributed by atoms with Crippen molar-refractivity contribution in [2.75, 3.05) is 33.3 Å². The number of ether oxygens (including phenoxy) is 1. The molecular weight excluding hydrogens is 430 g/mol. The molecule has 4 fully saturated rings. The predicted molar refractivity (Wildman–Crippen MR) is 129 cm³/mol. The van der Waals surface area contributed by atoms with E-state index in [1.807, 2.05) is 29.2 Å². The molecule has 0 radical (unpaired) electrons. The van der Waals surface area contributed by atoms with Crippen molar-refractivity contribution in [3.8, 4) is 5.75 Å². The van der Waals surface area contributed by atoms with E-state index in [1.165, 1.54) is 0 Å². The average molecular weight is 468 g/mol. The number of carbonyl (C=O) groups is 3. The Hall–Kier alpha value is -2.25. The van der Waals surface area contributed by atoms with Crippen LogP contribution in [0.1, 0.15) is 61.7 Å². The second kappa shape index (κ2) is 10.2. The third kappa shape index (κ3) is 4.78. The Morgan fingerprint density at radius 2 is 1.79 bits per heavy atom. The van der Waals surface area contributed by atoms with Crippen molar-refractivity contribution in [2.45, 2.75) is 69.5 Å². The molecule has 1 N–H and O–H groups in total. The van der Waals surface area contributed by atoms with Gasteiger partial charge in [0.1, 0.15) is 11.5 Å². The minimum Gasteiger partial charge on any atom is -0.497 e. The largest absolute Gasteiger partial charge is 0.497 e. The number of benzene rings is 1. The van der Waals surface area contributed by atoms with Crippen LogP contribution in [-0.4, -0.2) is 78.7 Å². The number of hydrogen-bond acceptors (Lipinski definition) is 6. The van der Waals surface area contributed by atoms with E-state index in [9.17, 15) is 14.4 Å². The molecule has 3 unspecified atom stereocenters. The van der Waals surface area contributed by atoms with Crippen LogP contribution in [0.25, 0.3) is 0 Å². The summed E-state index contributed by atoms with van der Waals surface area (Å²) in [6.45, 7) is 3.08. The molecule has 1 aliphatic carbocycles. The standard InChI is InChI=1S/C27H37N3O4/c1-34-22-8-6-18(7-9-22)26(32)19-10-13-29(14-11-19)23-12-15-30(27(23)33)17-21-16-20-4-2-3-5-24(31)25(20)28-21/h6-9,19-21,23,25,28H,2-5,10-17H2,1H3/t20?,21?,23-,25?/m0/s1. The zero-order valence-electron chi connectivity index (χ0n) is 20.2. The second-order valence-corrected chi connectivity index (χ2v) is 10.5. The SMILES string of the molecule is COc1ccc(C(=O)C2CCN([C@H]3CCN(CC4CC5CCCCC(=O)C5N4)C3=O)CC2)cc1. The van der Waals surface area contributed by atoms with E-state index < -0.39 is 0 Å². The van der Waals surface area contributed by atoms with Crippen molar-refractivity contribution < 1.29 is 19.1 Å². The third-order valence-electron chi connectivity index (χ3n) is 8.49. The van der Waals surface area contributed by atoms with Crippen LogP contribution in [0.5, 0.6) is 5.75 Å². The van der Waals surface area contributed by atoms with Gasteiger partial charge in [-0.25, -0.2) is 0 Å². The minimum atomic E-state index is -0.0643. The van der Waals surface area contributed by atoms with Crippen molar-refractivity contribution in [1.82, 2.24) is 15.1 Å². The van der Waals surface area contributed by atoms with Crippen LogP contribution in [0.15, 0.2) is 24.3 Å². The van der Waals surface area contributed by atoms with Gasteiger partial charge in [0, 0.05) is 37.0 Å². The normalized spacial score (nSPS) is 30.9. The van der Waals surface area contributed by atoms with E-state index in [1.54, 1.807) is 7.11 Å². The van der Waals surface area contributed by atoms with Crippen LogP contribution in [0.3, 0.4) is 0 Å². The summed E-state index contributed by atoms with van der Waals surface area (Å²) in [4.78, 5) is 42.9. The molecule has 3 aliphatic heterocycles. The molecule has 3 saturated heterocycles. The number of fused-ring (bicyclic) bond motifs is 1. The van der Waals surface area contributed by atoms with Gasteiger partial charge in [-0.1, -0.05) is 6.42 Å². The summed E-state index contributed by atoms with van der Waals surface area (Å²) in [5, 5.41) is 3.56. The topological polar surface area (TPSA) is 79.0 Å². The fraction of sp³-hybridized carbons (Fsp3) is 0.667. The van der Waals surface area contributed by atoms with Crippen LogP contribution >= 0.6 is 0 Å².